The summed E-state index contributed by atoms with van der Waals surface area (Å²) in [5.41, 5.74) is 2.83. The van der Waals surface area contributed by atoms with E-state index in [1.165, 1.54) is 0 Å². The van der Waals surface area contributed by atoms with Crippen molar-refractivity contribution < 1.29 is 9.53 Å². The Balaban J connectivity index is 1.65. The highest BCUT2D eigenvalue weighted by molar-refractivity contribution is 5.94. The quantitative estimate of drug-likeness (QED) is 0.923. The molecule has 0 saturated heterocycles. The number of imidazole rings is 1. The van der Waals surface area contributed by atoms with Gasteiger partial charge in [-0.25, -0.2) is 4.98 Å². The lowest BCUT2D eigenvalue weighted by molar-refractivity contribution is 0.0949. The fourth-order valence-corrected chi connectivity index (χ4v) is 2.83. The van der Waals surface area contributed by atoms with E-state index in [0.717, 1.165) is 43.0 Å². The van der Waals surface area contributed by atoms with E-state index in [0.29, 0.717) is 18.0 Å². The third-order valence-electron chi connectivity index (χ3n) is 3.96. The Bertz CT molecular complexity index is 691. The Morgan fingerprint density at radius 1 is 1.43 bits per heavy atom. The second-order valence-corrected chi connectivity index (χ2v) is 6.39. The van der Waals surface area contributed by atoms with E-state index in [9.17, 15) is 4.79 Å². The molecular formula is C18H23N3O2. The largest absolute Gasteiger partial charge is 0.493 e. The van der Waals surface area contributed by atoms with Crippen LogP contribution in [0.3, 0.4) is 0 Å². The minimum atomic E-state index is -0.0596. The third-order valence-corrected chi connectivity index (χ3v) is 3.96. The molecule has 1 amide bonds. The minimum absolute atomic E-state index is 0.0596. The van der Waals surface area contributed by atoms with Gasteiger partial charge in [0.1, 0.15) is 5.75 Å². The first kappa shape index (κ1) is 15.6. The molecule has 0 atom stereocenters. The molecule has 0 spiro atoms. The van der Waals surface area contributed by atoms with Crippen molar-refractivity contribution in [1.29, 1.82) is 0 Å². The SMILES string of the molecule is CC(C)Cn1cncc1CNC(=O)c1ccc2c(c1)CCCO2. The van der Waals surface area contributed by atoms with Gasteiger partial charge in [0.05, 0.1) is 25.2 Å². The maximum Gasteiger partial charge on any atom is 0.251 e. The summed E-state index contributed by atoms with van der Waals surface area (Å²) in [6, 6.07) is 5.66. The van der Waals surface area contributed by atoms with Crippen LogP contribution in [0.5, 0.6) is 5.75 Å². The van der Waals surface area contributed by atoms with Crippen LogP contribution in [0.4, 0.5) is 0 Å². The highest BCUT2D eigenvalue weighted by atomic mass is 16.5. The smallest absolute Gasteiger partial charge is 0.251 e. The zero-order valence-corrected chi connectivity index (χ0v) is 13.7. The number of nitrogens with one attached hydrogen (secondary N) is 1. The van der Waals surface area contributed by atoms with Crippen molar-refractivity contribution in [2.45, 2.75) is 39.8 Å². The molecule has 2 aromatic rings. The molecule has 1 aromatic heterocycles. The van der Waals surface area contributed by atoms with Crippen LogP contribution < -0.4 is 10.1 Å². The van der Waals surface area contributed by atoms with E-state index < -0.39 is 0 Å². The highest BCUT2D eigenvalue weighted by Crippen LogP contribution is 2.25. The summed E-state index contributed by atoms with van der Waals surface area (Å²) < 4.78 is 7.68. The second kappa shape index (κ2) is 6.86. The zero-order chi connectivity index (χ0) is 16.2. The van der Waals surface area contributed by atoms with Crippen LogP contribution in [0.15, 0.2) is 30.7 Å². The lowest BCUT2D eigenvalue weighted by Gasteiger charge is -2.17. The Hall–Kier alpha value is -2.30. The number of benzene rings is 1. The first-order valence-corrected chi connectivity index (χ1v) is 8.16. The van der Waals surface area contributed by atoms with Crippen LogP contribution >= 0.6 is 0 Å². The van der Waals surface area contributed by atoms with Gasteiger partial charge in [-0.2, -0.15) is 0 Å². The Labute approximate surface area is 136 Å². The van der Waals surface area contributed by atoms with Gasteiger partial charge in [-0.1, -0.05) is 13.8 Å². The molecule has 0 radical (unpaired) electrons. The molecule has 0 aliphatic carbocycles. The number of nitrogens with zero attached hydrogens (tertiary/aromatic N) is 2. The number of ether oxygens (including phenoxy) is 1. The van der Waals surface area contributed by atoms with E-state index in [2.05, 4.69) is 28.7 Å². The minimum Gasteiger partial charge on any atom is -0.493 e. The van der Waals surface area contributed by atoms with Crippen LogP contribution in [0, 0.1) is 5.92 Å². The maximum absolute atomic E-state index is 12.4. The summed E-state index contributed by atoms with van der Waals surface area (Å²) >= 11 is 0. The molecule has 0 saturated carbocycles. The van der Waals surface area contributed by atoms with Crippen LogP contribution in [0.25, 0.3) is 0 Å². The van der Waals surface area contributed by atoms with Crippen molar-refractivity contribution in [2.24, 2.45) is 5.92 Å². The first-order chi connectivity index (χ1) is 11.1. The monoisotopic (exact) mass is 313 g/mol. The van der Waals surface area contributed by atoms with Gasteiger partial charge in [-0.05, 0) is 42.5 Å². The fourth-order valence-electron chi connectivity index (χ4n) is 2.83. The van der Waals surface area contributed by atoms with E-state index in [1.807, 2.05) is 30.7 Å². The number of aryl methyl sites for hydroxylation is 1. The van der Waals surface area contributed by atoms with Crippen molar-refractivity contribution in [2.75, 3.05) is 6.61 Å². The third kappa shape index (κ3) is 3.73. The summed E-state index contributed by atoms with van der Waals surface area (Å²) in [4.78, 5) is 16.6. The standard InChI is InChI=1S/C18H23N3O2/c1-13(2)11-21-12-19-9-16(21)10-20-18(22)15-5-6-17-14(8-15)4-3-7-23-17/h5-6,8-9,12-13H,3-4,7,10-11H2,1-2H3,(H,20,22). The zero-order valence-electron chi connectivity index (χ0n) is 13.7. The number of hydrogen-bond acceptors (Lipinski definition) is 3. The molecule has 1 aliphatic rings. The molecular weight excluding hydrogens is 290 g/mol. The Morgan fingerprint density at radius 3 is 3.13 bits per heavy atom. The van der Waals surface area contributed by atoms with Gasteiger partial charge >= 0.3 is 0 Å². The van der Waals surface area contributed by atoms with Gasteiger partial charge in [-0.15, -0.1) is 0 Å². The molecule has 5 nitrogen and oxygen atoms in total. The van der Waals surface area contributed by atoms with E-state index in [4.69, 9.17) is 4.74 Å². The average Bonchev–Trinajstić information content (AvgIpc) is 2.98. The highest BCUT2D eigenvalue weighted by Gasteiger charge is 2.14. The number of hydrogen-bond donors (Lipinski definition) is 1. The van der Waals surface area contributed by atoms with Gasteiger partial charge < -0.3 is 14.6 Å². The molecule has 1 aromatic carbocycles. The van der Waals surface area contributed by atoms with E-state index >= 15 is 0 Å². The number of carbonyl (C=O) groups excluding carboxylic acids is 1. The molecule has 0 bridgehead atoms. The first-order valence-electron chi connectivity index (χ1n) is 8.16. The number of carbonyl (C=O) groups is 1. The summed E-state index contributed by atoms with van der Waals surface area (Å²) in [5.74, 6) is 1.39. The molecule has 1 aliphatic heterocycles. The summed E-state index contributed by atoms with van der Waals surface area (Å²) in [6.45, 7) is 6.48. The molecule has 5 heteroatoms. The van der Waals surface area contributed by atoms with Crippen molar-refractivity contribution in [3.63, 3.8) is 0 Å². The lowest BCUT2D eigenvalue weighted by Crippen LogP contribution is -2.25. The number of aromatic nitrogens is 2. The van der Waals surface area contributed by atoms with Crippen LogP contribution in [-0.2, 0) is 19.5 Å². The molecule has 1 N–H and O–H groups in total. The molecule has 2 heterocycles. The number of amides is 1. The Kier molecular flexibility index (Phi) is 4.65. The maximum atomic E-state index is 12.4. The van der Waals surface area contributed by atoms with Gasteiger partial charge in [0, 0.05) is 18.3 Å². The van der Waals surface area contributed by atoms with E-state index in [1.54, 1.807) is 0 Å². The van der Waals surface area contributed by atoms with Gasteiger partial charge in [0.2, 0.25) is 0 Å². The summed E-state index contributed by atoms with van der Waals surface area (Å²) in [6.07, 6.45) is 5.60. The molecule has 23 heavy (non-hydrogen) atoms. The van der Waals surface area contributed by atoms with Gasteiger partial charge in [0.25, 0.3) is 5.91 Å². The van der Waals surface area contributed by atoms with Gasteiger partial charge in [0.15, 0.2) is 0 Å². The predicted molar refractivity (Wildman–Crippen MR) is 88.5 cm³/mol. The topological polar surface area (TPSA) is 56.2 Å². The predicted octanol–water partition coefficient (Wildman–Crippen LogP) is 2.79. The molecule has 0 unspecified atom stereocenters. The fraction of sp³-hybridized carbons (Fsp3) is 0.444. The molecule has 122 valence electrons. The molecule has 0 fully saturated rings. The average molecular weight is 313 g/mol. The summed E-state index contributed by atoms with van der Waals surface area (Å²) in [5, 5.41) is 2.98. The second-order valence-electron chi connectivity index (χ2n) is 6.39. The Morgan fingerprint density at radius 2 is 2.30 bits per heavy atom. The van der Waals surface area contributed by atoms with Crippen molar-refractivity contribution >= 4 is 5.91 Å². The van der Waals surface area contributed by atoms with Crippen LogP contribution in [-0.4, -0.2) is 22.1 Å². The summed E-state index contributed by atoms with van der Waals surface area (Å²) in [7, 11) is 0. The van der Waals surface area contributed by atoms with Crippen molar-refractivity contribution in [3.8, 4) is 5.75 Å². The van der Waals surface area contributed by atoms with Crippen LogP contribution in [0.1, 0.15) is 41.9 Å². The van der Waals surface area contributed by atoms with Crippen molar-refractivity contribution in [3.05, 3.63) is 47.5 Å². The van der Waals surface area contributed by atoms with Gasteiger partial charge in [-0.3, -0.25) is 4.79 Å². The van der Waals surface area contributed by atoms with E-state index in [-0.39, 0.29) is 5.91 Å². The lowest BCUT2D eigenvalue weighted by atomic mass is 10.0. The molecule has 3 rings (SSSR count). The number of fused-ring (bicyclic) bond motifs is 1. The van der Waals surface area contributed by atoms with Crippen LogP contribution in [0.2, 0.25) is 0 Å². The normalized spacial score (nSPS) is 13.5. The van der Waals surface area contributed by atoms with Crippen molar-refractivity contribution in [1.82, 2.24) is 14.9 Å². The number of rotatable bonds is 5.